The van der Waals surface area contributed by atoms with Gasteiger partial charge in [0.05, 0.1) is 13.2 Å². The summed E-state index contributed by atoms with van der Waals surface area (Å²) < 4.78 is 37.8. The number of carbonyl (C=O) groups is 2. The van der Waals surface area contributed by atoms with E-state index in [1.807, 2.05) is 0 Å². The average Bonchev–Trinajstić information content (AvgIpc) is 2.69. The van der Waals surface area contributed by atoms with Gasteiger partial charge in [0.2, 0.25) is 0 Å². The van der Waals surface area contributed by atoms with E-state index in [4.69, 9.17) is 23.5 Å². The van der Waals surface area contributed by atoms with Gasteiger partial charge >= 0.3 is 26.6 Å². The molecule has 0 fully saturated rings. The summed E-state index contributed by atoms with van der Waals surface area (Å²) in [6.45, 7) is 5.26. The lowest BCUT2D eigenvalue weighted by Gasteiger charge is -2.26. The van der Waals surface area contributed by atoms with E-state index in [9.17, 15) is 14.2 Å². The molecule has 8 nitrogen and oxygen atoms in total. The molecule has 29 heavy (non-hydrogen) atoms. The maximum absolute atomic E-state index is 12.5. The maximum Gasteiger partial charge on any atom is 0.500 e. The number of carbonyl (C=O) groups excluding carboxylic acids is 2. The highest BCUT2D eigenvalue weighted by Crippen LogP contribution is 2.34. The molecule has 2 rings (SSSR count). The molecule has 0 aromatic heterocycles. The van der Waals surface area contributed by atoms with Crippen LogP contribution in [0.3, 0.4) is 0 Å². The molecule has 0 aliphatic heterocycles. The molecular weight excluding hydrogens is 399 g/mol. The summed E-state index contributed by atoms with van der Waals surface area (Å²) >= 11 is 0. The average molecular weight is 421 g/mol. The van der Waals surface area contributed by atoms with E-state index in [1.54, 1.807) is 38.1 Å². The van der Waals surface area contributed by atoms with Crippen LogP contribution in [0.5, 0.6) is 11.5 Å². The minimum atomic E-state index is -1.62. The Labute approximate surface area is 170 Å². The van der Waals surface area contributed by atoms with Crippen molar-refractivity contribution in [3.05, 3.63) is 59.7 Å². The fraction of sp³-hybridized carbons (Fsp3) is 0.300. The number of rotatable bonds is 10. The number of benzene rings is 2. The molecule has 0 aliphatic rings. The number of hydrogen-bond acceptors (Lipinski definition) is 8. The Balaban J connectivity index is 2.23. The standard InChI is InChI=1S/C20H22O8P/c1-4-24-20(25-5-2,28-29-23)15-10-12-16(13-11-15)27-19(22)17-8-6-7-9-18(17)26-14(3)21/h6-13,29H,4-5H2,1-3H3/q+1. The summed E-state index contributed by atoms with van der Waals surface area (Å²) in [5, 5.41) is 0. The van der Waals surface area contributed by atoms with Crippen molar-refractivity contribution in [2.24, 2.45) is 0 Å². The van der Waals surface area contributed by atoms with Crippen molar-refractivity contribution >= 4 is 20.6 Å². The van der Waals surface area contributed by atoms with Gasteiger partial charge in [0.1, 0.15) is 17.1 Å². The quantitative estimate of drug-likeness (QED) is 0.246. The maximum atomic E-state index is 12.5. The summed E-state index contributed by atoms with van der Waals surface area (Å²) in [4.78, 5) is 23.7. The first-order valence-corrected chi connectivity index (χ1v) is 9.70. The lowest BCUT2D eigenvalue weighted by Crippen LogP contribution is -2.34. The second kappa shape index (κ2) is 10.8. The Morgan fingerprint density at radius 3 is 2.10 bits per heavy atom. The van der Waals surface area contributed by atoms with Gasteiger partial charge in [0.25, 0.3) is 0 Å². The number of para-hydroxylation sites is 1. The van der Waals surface area contributed by atoms with Crippen LogP contribution < -0.4 is 9.47 Å². The molecule has 0 spiro atoms. The van der Waals surface area contributed by atoms with E-state index in [2.05, 4.69) is 0 Å². The number of esters is 2. The van der Waals surface area contributed by atoms with Gasteiger partial charge in [-0.1, -0.05) is 16.7 Å². The molecule has 1 unspecified atom stereocenters. The van der Waals surface area contributed by atoms with Gasteiger partial charge in [-0.3, -0.25) is 4.79 Å². The summed E-state index contributed by atoms with van der Waals surface area (Å²) in [5.41, 5.74) is 0.560. The van der Waals surface area contributed by atoms with Gasteiger partial charge in [-0.2, -0.15) is 0 Å². The number of ether oxygens (including phenoxy) is 4. The summed E-state index contributed by atoms with van der Waals surface area (Å²) in [5.74, 6) is -2.50. The topological polar surface area (TPSA) is 97.4 Å². The summed E-state index contributed by atoms with van der Waals surface area (Å²) in [6, 6.07) is 12.5. The molecule has 0 saturated heterocycles. The van der Waals surface area contributed by atoms with E-state index < -0.39 is 26.6 Å². The van der Waals surface area contributed by atoms with E-state index >= 15 is 0 Å². The Hall–Kier alpha value is -2.64. The molecule has 154 valence electrons. The molecule has 0 bridgehead atoms. The third-order valence-corrected chi connectivity index (χ3v) is 3.98. The minimum Gasteiger partial charge on any atom is -0.426 e. The van der Waals surface area contributed by atoms with Crippen LogP contribution in [0.15, 0.2) is 48.5 Å². The van der Waals surface area contributed by atoms with Crippen LogP contribution in [-0.4, -0.2) is 25.2 Å². The van der Waals surface area contributed by atoms with Crippen molar-refractivity contribution in [1.29, 1.82) is 0 Å². The fourth-order valence-corrected chi connectivity index (χ4v) is 2.87. The fourth-order valence-electron chi connectivity index (χ4n) is 2.53. The highest BCUT2D eigenvalue weighted by molar-refractivity contribution is 7.17. The minimum absolute atomic E-state index is 0.109. The SMILES string of the molecule is CCOC(OCC)(O[PH+]=O)c1ccc(OC(=O)c2ccccc2OC(C)=O)cc1. The van der Waals surface area contributed by atoms with Crippen LogP contribution in [0.25, 0.3) is 0 Å². The van der Waals surface area contributed by atoms with Gasteiger partial charge in [0, 0.05) is 12.5 Å². The first-order valence-electron chi connectivity index (χ1n) is 8.89. The van der Waals surface area contributed by atoms with Crippen molar-refractivity contribution < 1.29 is 37.6 Å². The molecule has 0 N–H and O–H groups in total. The van der Waals surface area contributed by atoms with Gasteiger partial charge < -0.3 is 18.9 Å². The first-order chi connectivity index (χ1) is 14.0. The van der Waals surface area contributed by atoms with Crippen molar-refractivity contribution in [1.82, 2.24) is 0 Å². The Morgan fingerprint density at radius 1 is 0.931 bits per heavy atom. The normalized spacial score (nSPS) is 11.3. The van der Waals surface area contributed by atoms with Crippen LogP contribution in [-0.2, 0) is 29.3 Å². The molecule has 9 heteroatoms. The summed E-state index contributed by atoms with van der Waals surface area (Å²) in [7, 11) is -1.10. The van der Waals surface area contributed by atoms with Crippen LogP contribution >= 0.6 is 8.69 Å². The molecule has 2 aromatic rings. The molecule has 2 aromatic carbocycles. The molecule has 0 radical (unpaired) electrons. The smallest absolute Gasteiger partial charge is 0.426 e. The summed E-state index contributed by atoms with van der Waals surface area (Å²) in [6.07, 6.45) is 0. The Bertz CT molecular complexity index is 844. The largest absolute Gasteiger partial charge is 0.500 e. The van der Waals surface area contributed by atoms with E-state index in [0.29, 0.717) is 5.56 Å². The van der Waals surface area contributed by atoms with Gasteiger partial charge in [0.15, 0.2) is 0 Å². The highest BCUT2D eigenvalue weighted by atomic mass is 31.1. The highest BCUT2D eigenvalue weighted by Gasteiger charge is 2.40. The van der Waals surface area contributed by atoms with Crippen molar-refractivity contribution in [3.63, 3.8) is 0 Å². The molecule has 0 aliphatic carbocycles. The molecule has 0 amide bonds. The van der Waals surface area contributed by atoms with Crippen molar-refractivity contribution in [2.75, 3.05) is 13.2 Å². The van der Waals surface area contributed by atoms with Crippen LogP contribution in [0.1, 0.15) is 36.7 Å². The zero-order chi connectivity index (χ0) is 21.3. The predicted octanol–water partition coefficient (Wildman–Crippen LogP) is 3.97. The lowest BCUT2D eigenvalue weighted by molar-refractivity contribution is -0.350. The van der Waals surface area contributed by atoms with Crippen molar-refractivity contribution in [2.45, 2.75) is 26.7 Å². The molecule has 0 heterocycles. The monoisotopic (exact) mass is 421 g/mol. The first kappa shape index (κ1) is 22.6. The predicted molar refractivity (Wildman–Crippen MR) is 104 cm³/mol. The number of hydrogen-bond donors (Lipinski definition) is 0. The zero-order valence-corrected chi connectivity index (χ0v) is 17.3. The van der Waals surface area contributed by atoms with E-state index in [0.717, 1.165) is 0 Å². The van der Waals surface area contributed by atoms with Crippen LogP contribution in [0.2, 0.25) is 0 Å². The molecule has 1 atom stereocenters. The third kappa shape index (κ3) is 5.92. The van der Waals surface area contributed by atoms with E-state index in [1.165, 1.54) is 31.2 Å². The van der Waals surface area contributed by atoms with Gasteiger partial charge in [-0.15, -0.1) is 0 Å². The second-order valence-electron chi connectivity index (χ2n) is 5.61. The van der Waals surface area contributed by atoms with Gasteiger partial charge in [-0.05, 0) is 54.8 Å². The lowest BCUT2D eigenvalue weighted by atomic mass is 10.1. The Kier molecular flexibility index (Phi) is 8.42. The second-order valence-corrected chi connectivity index (χ2v) is 5.98. The zero-order valence-electron chi connectivity index (χ0n) is 16.3. The van der Waals surface area contributed by atoms with Crippen LogP contribution in [0, 0.1) is 0 Å². The van der Waals surface area contributed by atoms with E-state index in [-0.39, 0.29) is 30.3 Å². The molecular formula is C20H22O8P+. The molecule has 0 saturated carbocycles. The van der Waals surface area contributed by atoms with Crippen molar-refractivity contribution in [3.8, 4) is 11.5 Å². The Morgan fingerprint density at radius 2 is 1.55 bits per heavy atom. The van der Waals surface area contributed by atoms with Crippen LogP contribution in [0.4, 0.5) is 0 Å². The third-order valence-electron chi connectivity index (χ3n) is 3.62. The van der Waals surface area contributed by atoms with Gasteiger partial charge in [-0.25, -0.2) is 4.79 Å².